The predicted molar refractivity (Wildman–Crippen MR) is 51.7 cm³/mol. The quantitative estimate of drug-likeness (QED) is 0.793. The molecule has 1 aliphatic rings. The lowest BCUT2D eigenvalue weighted by atomic mass is 9.93. The van der Waals surface area contributed by atoms with Crippen LogP contribution >= 0.6 is 0 Å². The van der Waals surface area contributed by atoms with E-state index in [1.165, 1.54) is 0 Å². The number of ether oxygens (including phenoxy) is 1. The topological polar surface area (TPSA) is 21.3 Å². The summed E-state index contributed by atoms with van der Waals surface area (Å²) in [6.07, 6.45) is -1.00. The van der Waals surface area contributed by atoms with Crippen molar-refractivity contribution in [3.63, 3.8) is 0 Å². The van der Waals surface area contributed by atoms with Crippen LogP contribution in [0.15, 0.2) is 0 Å². The maximum atomic E-state index is 11.9. The summed E-state index contributed by atoms with van der Waals surface area (Å²) in [5, 5.41) is 3.25. The maximum Gasteiger partial charge on any atom is 0.411 e. The molecular formula is C10H18F3NO. The van der Waals surface area contributed by atoms with Crippen molar-refractivity contribution < 1.29 is 17.9 Å². The molecule has 0 heterocycles. The Balaban J connectivity index is 2.24. The Kier molecular flexibility index (Phi) is 4.86. The van der Waals surface area contributed by atoms with Gasteiger partial charge in [0.15, 0.2) is 0 Å². The van der Waals surface area contributed by atoms with Gasteiger partial charge in [-0.05, 0) is 32.2 Å². The van der Waals surface area contributed by atoms with Crippen molar-refractivity contribution in [1.82, 2.24) is 5.32 Å². The molecule has 0 bridgehead atoms. The average Bonchev–Trinajstić information content (AvgIpc) is 2.15. The smallest absolute Gasteiger partial charge is 0.369 e. The molecule has 90 valence electrons. The summed E-state index contributed by atoms with van der Waals surface area (Å²) in [6, 6.07) is 0.321. The molecule has 0 aliphatic heterocycles. The minimum Gasteiger partial charge on any atom is -0.369 e. The van der Waals surface area contributed by atoms with E-state index in [0.29, 0.717) is 12.5 Å². The highest BCUT2D eigenvalue weighted by atomic mass is 19.4. The van der Waals surface area contributed by atoms with Gasteiger partial charge in [-0.1, -0.05) is 6.92 Å². The molecule has 2 nitrogen and oxygen atoms in total. The van der Waals surface area contributed by atoms with Gasteiger partial charge in [0.2, 0.25) is 0 Å². The van der Waals surface area contributed by atoms with Crippen LogP contribution < -0.4 is 5.32 Å². The van der Waals surface area contributed by atoms with Crippen LogP contribution in [0.25, 0.3) is 0 Å². The molecular weight excluding hydrogens is 207 g/mol. The van der Waals surface area contributed by atoms with Crippen molar-refractivity contribution in [1.29, 1.82) is 0 Å². The molecule has 2 atom stereocenters. The third-order valence-corrected chi connectivity index (χ3v) is 2.60. The average molecular weight is 225 g/mol. The first-order valence-electron chi connectivity index (χ1n) is 5.43. The van der Waals surface area contributed by atoms with E-state index in [4.69, 9.17) is 4.74 Å². The minimum atomic E-state index is -4.20. The second-order valence-electron chi connectivity index (χ2n) is 3.97. The van der Waals surface area contributed by atoms with Gasteiger partial charge in [0.25, 0.3) is 0 Å². The molecule has 0 aromatic heterocycles. The summed E-state index contributed by atoms with van der Waals surface area (Å²) in [6.45, 7) is 1.74. The highest BCUT2D eigenvalue weighted by Gasteiger charge is 2.30. The zero-order chi connectivity index (χ0) is 11.3. The van der Waals surface area contributed by atoms with Crippen LogP contribution in [0.4, 0.5) is 13.2 Å². The third kappa shape index (κ3) is 5.37. The van der Waals surface area contributed by atoms with E-state index in [9.17, 15) is 13.2 Å². The Morgan fingerprint density at radius 1 is 1.33 bits per heavy atom. The van der Waals surface area contributed by atoms with Crippen LogP contribution in [0.2, 0.25) is 0 Å². The van der Waals surface area contributed by atoms with Gasteiger partial charge in [-0.25, -0.2) is 0 Å². The maximum absolute atomic E-state index is 11.9. The molecule has 0 spiro atoms. The van der Waals surface area contributed by atoms with Crippen molar-refractivity contribution in [2.75, 3.05) is 13.2 Å². The van der Waals surface area contributed by atoms with Gasteiger partial charge in [-0.2, -0.15) is 13.2 Å². The highest BCUT2D eigenvalue weighted by molar-refractivity contribution is 4.78. The molecule has 1 fully saturated rings. The minimum absolute atomic E-state index is 0.232. The summed E-state index contributed by atoms with van der Waals surface area (Å²) in [5.41, 5.74) is 0. The summed E-state index contributed by atoms with van der Waals surface area (Å²) in [4.78, 5) is 0. The van der Waals surface area contributed by atoms with Gasteiger partial charge in [0.1, 0.15) is 6.61 Å². The van der Waals surface area contributed by atoms with Crippen LogP contribution in [0.3, 0.4) is 0 Å². The molecule has 1 aliphatic carbocycles. The van der Waals surface area contributed by atoms with E-state index < -0.39 is 12.8 Å². The molecule has 5 heteroatoms. The Bertz CT molecular complexity index is 182. The fourth-order valence-corrected chi connectivity index (χ4v) is 1.98. The lowest BCUT2D eigenvalue weighted by molar-refractivity contribution is -0.188. The number of halogens is 3. The zero-order valence-corrected chi connectivity index (χ0v) is 8.94. The van der Waals surface area contributed by atoms with Gasteiger partial charge < -0.3 is 10.1 Å². The number of hydrogen-bond acceptors (Lipinski definition) is 2. The summed E-state index contributed by atoms with van der Waals surface area (Å²) in [7, 11) is 0. The van der Waals surface area contributed by atoms with Crippen molar-refractivity contribution in [3.8, 4) is 0 Å². The van der Waals surface area contributed by atoms with Crippen molar-refractivity contribution in [3.05, 3.63) is 0 Å². The third-order valence-electron chi connectivity index (χ3n) is 2.60. The normalized spacial score (nSPS) is 28.0. The van der Waals surface area contributed by atoms with Crippen molar-refractivity contribution in [2.24, 2.45) is 0 Å². The van der Waals surface area contributed by atoms with E-state index in [-0.39, 0.29) is 6.10 Å². The van der Waals surface area contributed by atoms with Crippen LogP contribution in [0, 0.1) is 0 Å². The number of rotatable bonds is 4. The van der Waals surface area contributed by atoms with E-state index >= 15 is 0 Å². The molecule has 0 radical (unpaired) electrons. The van der Waals surface area contributed by atoms with Crippen LogP contribution in [-0.4, -0.2) is 31.5 Å². The van der Waals surface area contributed by atoms with Crippen molar-refractivity contribution in [2.45, 2.75) is 50.9 Å². The Morgan fingerprint density at radius 2 is 2.07 bits per heavy atom. The molecule has 0 amide bonds. The summed E-state index contributed by atoms with van der Waals surface area (Å²) >= 11 is 0. The molecule has 2 unspecified atom stereocenters. The van der Waals surface area contributed by atoms with Crippen LogP contribution in [0.1, 0.15) is 32.6 Å². The molecule has 0 saturated heterocycles. The van der Waals surface area contributed by atoms with Crippen LogP contribution in [-0.2, 0) is 4.74 Å². The first-order chi connectivity index (χ1) is 7.01. The van der Waals surface area contributed by atoms with E-state index in [1.54, 1.807) is 0 Å². The van der Waals surface area contributed by atoms with Gasteiger partial charge in [-0.3, -0.25) is 0 Å². The van der Waals surface area contributed by atoms with E-state index in [1.807, 2.05) is 6.92 Å². The fourth-order valence-electron chi connectivity index (χ4n) is 1.98. The SMILES string of the molecule is CCNC1CCCC(OCC(F)(F)F)C1. The molecule has 15 heavy (non-hydrogen) atoms. The highest BCUT2D eigenvalue weighted by Crippen LogP contribution is 2.24. The van der Waals surface area contributed by atoms with E-state index in [0.717, 1.165) is 25.8 Å². The van der Waals surface area contributed by atoms with E-state index in [2.05, 4.69) is 5.32 Å². The lowest BCUT2D eigenvalue weighted by Gasteiger charge is -2.29. The van der Waals surface area contributed by atoms with Gasteiger partial charge in [0.05, 0.1) is 6.10 Å². The Labute approximate surface area is 88.2 Å². The lowest BCUT2D eigenvalue weighted by Crippen LogP contribution is -2.37. The van der Waals surface area contributed by atoms with Gasteiger partial charge in [0, 0.05) is 6.04 Å². The number of hydrogen-bond donors (Lipinski definition) is 1. The first-order valence-corrected chi connectivity index (χ1v) is 5.43. The largest absolute Gasteiger partial charge is 0.411 e. The Hall–Kier alpha value is -0.290. The van der Waals surface area contributed by atoms with Crippen molar-refractivity contribution >= 4 is 0 Å². The summed E-state index contributed by atoms with van der Waals surface area (Å²) in [5.74, 6) is 0. The number of alkyl halides is 3. The fraction of sp³-hybridized carbons (Fsp3) is 1.00. The molecule has 0 aromatic carbocycles. The summed E-state index contributed by atoms with van der Waals surface area (Å²) < 4.78 is 40.6. The Morgan fingerprint density at radius 3 is 2.67 bits per heavy atom. The number of nitrogens with one attached hydrogen (secondary N) is 1. The second-order valence-corrected chi connectivity index (χ2v) is 3.97. The van der Waals surface area contributed by atoms with Gasteiger partial charge >= 0.3 is 6.18 Å². The molecule has 0 aromatic rings. The molecule has 1 saturated carbocycles. The van der Waals surface area contributed by atoms with Gasteiger partial charge in [-0.15, -0.1) is 0 Å². The zero-order valence-electron chi connectivity index (χ0n) is 8.94. The molecule has 1 N–H and O–H groups in total. The molecule has 1 rings (SSSR count). The monoisotopic (exact) mass is 225 g/mol. The predicted octanol–water partition coefficient (Wildman–Crippen LogP) is 2.49. The second kappa shape index (κ2) is 5.70. The first kappa shape index (κ1) is 12.8. The van der Waals surface area contributed by atoms with Crippen LogP contribution in [0.5, 0.6) is 0 Å². The standard InChI is InChI=1S/C10H18F3NO/c1-2-14-8-4-3-5-9(6-8)15-7-10(11,12)13/h8-9,14H,2-7H2,1H3.